The van der Waals surface area contributed by atoms with Gasteiger partial charge in [0.15, 0.2) is 5.78 Å². The fraction of sp³-hybridized carbons (Fsp3) is 0.652. The van der Waals surface area contributed by atoms with E-state index in [0.29, 0.717) is 19.3 Å². The van der Waals surface area contributed by atoms with E-state index in [9.17, 15) is 14.7 Å². The van der Waals surface area contributed by atoms with Crippen LogP contribution in [0.1, 0.15) is 77.6 Å². The van der Waals surface area contributed by atoms with Crippen LogP contribution in [-0.2, 0) is 9.59 Å². The minimum absolute atomic E-state index is 0.0161. The minimum atomic E-state index is -0.863. The number of carbonyl (C=O) groups is 2. The lowest BCUT2D eigenvalue weighted by atomic mass is 9.87. The number of carboxylic acids is 1. The molecule has 0 saturated carbocycles. The monoisotopic (exact) mass is 376 g/mol. The second-order valence-electron chi connectivity index (χ2n) is 7.69. The van der Waals surface area contributed by atoms with Crippen molar-refractivity contribution in [3.05, 3.63) is 37.0 Å². The van der Waals surface area contributed by atoms with Crippen LogP contribution in [-0.4, -0.2) is 27.6 Å². The summed E-state index contributed by atoms with van der Waals surface area (Å²) in [6, 6.07) is 0. The largest absolute Gasteiger partial charge is 0.481 e. The van der Waals surface area contributed by atoms with E-state index in [1.807, 2.05) is 18.2 Å². The molecule has 0 fully saturated rings. The first-order valence-electron chi connectivity index (χ1n) is 10.4. The molecule has 4 heteroatoms. The Balaban J connectivity index is 2.41. The SMILES string of the molecule is C=CC(O)(C/C=C/[C@H]1C=CC(=O)[C@@H]1CCCCCCC(=O)O)CCCCC. The van der Waals surface area contributed by atoms with E-state index in [4.69, 9.17) is 5.11 Å². The maximum atomic E-state index is 12.1. The molecule has 0 aromatic heterocycles. The van der Waals surface area contributed by atoms with E-state index in [-0.39, 0.29) is 24.0 Å². The Labute approximate surface area is 164 Å². The number of carbonyl (C=O) groups excluding carboxylic acids is 1. The average Bonchev–Trinajstić information content (AvgIpc) is 2.98. The second kappa shape index (κ2) is 12.7. The predicted octanol–water partition coefficient (Wildman–Crippen LogP) is 5.23. The summed E-state index contributed by atoms with van der Waals surface area (Å²) < 4.78 is 0. The van der Waals surface area contributed by atoms with Crippen molar-refractivity contribution in [1.82, 2.24) is 0 Å². The van der Waals surface area contributed by atoms with Gasteiger partial charge in [-0.05, 0) is 31.8 Å². The Kier molecular flexibility index (Phi) is 11.0. The second-order valence-corrected chi connectivity index (χ2v) is 7.69. The third kappa shape index (κ3) is 9.18. The van der Waals surface area contributed by atoms with Gasteiger partial charge >= 0.3 is 5.97 Å². The van der Waals surface area contributed by atoms with Gasteiger partial charge in [-0.1, -0.05) is 69.8 Å². The summed E-state index contributed by atoms with van der Waals surface area (Å²) in [4.78, 5) is 22.6. The molecule has 4 nitrogen and oxygen atoms in total. The summed E-state index contributed by atoms with van der Waals surface area (Å²) >= 11 is 0. The third-order valence-electron chi connectivity index (χ3n) is 5.39. The van der Waals surface area contributed by atoms with Gasteiger partial charge in [-0.15, -0.1) is 6.58 Å². The number of unbranched alkanes of at least 4 members (excludes halogenated alkanes) is 5. The third-order valence-corrected chi connectivity index (χ3v) is 5.39. The molecule has 0 aliphatic heterocycles. The van der Waals surface area contributed by atoms with E-state index in [1.165, 1.54) is 0 Å². The molecule has 0 spiro atoms. The average molecular weight is 377 g/mol. The Morgan fingerprint density at radius 1 is 1.22 bits per heavy atom. The minimum Gasteiger partial charge on any atom is -0.481 e. The van der Waals surface area contributed by atoms with E-state index in [1.54, 1.807) is 12.2 Å². The van der Waals surface area contributed by atoms with Crippen molar-refractivity contribution in [2.24, 2.45) is 11.8 Å². The van der Waals surface area contributed by atoms with Crippen molar-refractivity contribution < 1.29 is 19.8 Å². The van der Waals surface area contributed by atoms with Crippen LogP contribution in [0.5, 0.6) is 0 Å². The van der Waals surface area contributed by atoms with Gasteiger partial charge in [-0.25, -0.2) is 0 Å². The standard InChI is InChI=1S/C23H36O4/c1-3-5-10-17-23(27,4-2)18-11-12-19-15-16-21(24)20(19)13-8-6-7-9-14-22(25)26/h4,11-12,15-16,19-20,27H,2-3,5-10,13-14,17-18H2,1H3,(H,25,26)/b12-11+/t19-,20+,23?/m0/s1. The topological polar surface area (TPSA) is 74.6 Å². The van der Waals surface area contributed by atoms with Gasteiger partial charge in [0.25, 0.3) is 0 Å². The van der Waals surface area contributed by atoms with Gasteiger partial charge in [0, 0.05) is 18.3 Å². The molecule has 1 aliphatic rings. The summed E-state index contributed by atoms with van der Waals surface area (Å²) in [6.07, 6.45) is 18.3. The molecule has 0 saturated heterocycles. The van der Waals surface area contributed by atoms with Gasteiger partial charge in [0.2, 0.25) is 0 Å². The highest BCUT2D eigenvalue weighted by Gasteiger charge is 2.28. The molecule has 0 amide bonds. The van der Waals surface area contributed by atoms with E-state index in [0.717, 1.165) is 44.9 Å². The van der Waals surface area contributed by atoms with Crippen molar-refractivity contribution in [2.45, 2.75) is 83.2 Å². The van der Waals surface area contributed by atoms with Crippen molar-refractivity contribution in [2.75, 3.05) is 0 Å². The number of aliphatic carboxylic acids is 1. The number of hydrogen-bond acceptors (Lipinski definition) is 3. The van der Waals surface area contributed by atoms with Crippen LogP contribution in [0.3, 0.4) is 0 Å². The molecule has 152 valence electrons. The number of rotatable bonds is 15. The molecule has 27 heavy (non-hydrogen) atoms. The van der Waals surface area contributed by atoms with Crippen molar-refractivity contribution in [1.29, 1.82) is 0 Å². The van der Waals surface area contributed by atoms with Gasteiger partial charge < -0.3 is 10.2 Å². The number of allylic oxidation sites excluding steroid dienone is 3. The molecule has 0 radical (unpaired) electrons. The van der Waals surface area contributed by atoms with Crippen molar-refractivity contribution in [3.8, 4) is 0 Å². The van der Waals surface area contributed by atoms with Gasteiger partial charge in [-0.3, -0.25) is 9.59 Å². The summed E-state index contributed by atoms with van der Waals surface area (Å²) in [6.45, 7) is 5.92. The fourth-order valence-corrected chi connectivity index (χ4v) is 3.58. The number of hydrogen-bond donors (Lipinski definition) is 2. The zero-order chi connectivity index (χ0) is 20.1. The first-order valence-corrected chi connectivity index (χ1v) is 10.4. The van der Waals surface area contributed by atoms with E-state index in [2.05, 4.69) is 13.5 Å². The first-order chi connectivity index (χ1) is 12.9. The summed E-state index contributed by atoms with van der Waals surface area (Å²) in [5, 5.41) is 19.3. The molecule has 0 heterocycles. The van der Waals surface area contributed by atoms with Crippen LogP contribution < -0.4 is 0 Å². The predicted molar refractivity (Wildman–Crippen MR) is 110 cm³/mol. The highest BCUT2D eigenvalue weighted by Crippen LogP contribution is 2.30. The Bertz CT molecular complexity index is 534. The van der Waals surface area contributed by atoms with Gasteiger partial charge in [-0.2, -0.15) is 0 Å². The molecule has 1 aliphatic carbocycles. The van der Waals surface area contributed by atoms with Crippen LogP contribution in [0, 0.1) is 11.8 Å². The van der Waals surface area contributed by atoms with E-state index < -0.39 is 11.6 Å². The Hall–Kier alpha value is -1.68. The first kappa shape index (κ1) is 23.4. The van der Waals surface area contributed by atoms with Crippen LogP contribution in [0.2, 0.25) is 0 Å². The van der Waals surface area contributed by atoms with E-state index >= 15 is 0 Å². The molecule has 1 unspecified atom stereocenters. The fourth-order valence-electron chi connectivity index (χ4n) is 3.58. The zero-order valence-electron chi connectivity index (χ0n) is 16.7. The van der Waals surface area contributed by atoms with Crippen LogP contribution >= 0.6 is 0 Å². The van der Waals surface area contributed by atoms with Crippen LogP contribution in [0.15, 0.2) is 37.0 Å². The molecule has 0 aromatic carbocycles. The molecule has 0 bridgehead atoms. The van der Waals surface area contributed by atoms with Crippen LogP contribution in [0.4, 0.5) is 0 Å². The summed E-state index contributed by atoms with van der Waals surface area (Å²) in [7, 11) is 0. The smallest absolute Gasteiger partial charge is 0.303 e. The number of ketones is 1. The zero-order valence-corrected chi connectivity index (χ0v) is 16.7. The molecule has 3 atom stereocenters. The van der Waals surface area contributed by atoms with Crippen LogP contribution in [0.25, 0.3) is 0 Å². The lowest BCUT2D eigenvalue weighted by Gasteiger charge is -2.23. The van der Waals surface area contributed by atoms with Gasteiger partial charge in [0.05, 0.1) is 5.60 Å². The highest BCUT2D eigenvalue weighted by atomic mass is 16.4. The molecule has 0 aromatic rings. The quantitative estimate of drug-likeness (QED) is 0.303. The Morgan fingerprint density at radius 2 is 1.96 bits per heavy atom. The maximum absolute atomic E-state index is 12.1. The number of aliphatic hydroxyl groups is 1. The molecular formula is C23H36O4. The summed E-state index contributed by atoms with van der Waals surface area (Å²) in [5.41, 5.74) is -0.863. The Morgan fingerprint density at radius 3 is 2.63 bits per heavy atom. The maximum Gasteiger partial charge on any atom is 0.303 e. The highest BCUT2D eigenvalue weighted by molar-refractivity contribution is 5.94. The summed E-state index contributed by atoms with van der Waals surface area (Å²) in [5.74, 6) is -0.486. The molecule has 1 rings (SSSR count). The lowest BCUT2D eigenvalue weighted by molar-refractivity contribution is -0.137. The molecular weight excluding hydrogens is 340 g/mol. The number of carboxylic acid groups (broad SMARTS) is 1. The molecule has 2 N–H and O–H groups in total. The lowest BCUT2D eigenvalue weighted by Crippen LogP contribution is -2.24. The normalized spacial score (nSPS) is 21.6. The van der Waals surface area contributed by atoms with Gasteiger partial charge in [0.1, 0.15) is 0 Å². The van der Waals surface area contributed by atoms with Crippen molar-refractivity contribution in [3.63, 3.8) is 0 Å². The van der Waals surface area contributed by atoms with Crippen molar-refractivity contribution >= 4 is 11.8 Å².